The summed E-state index contributed by atoms with van der Waals surface area (Å²) in [7, 11) is 0. The SMILES string of the molecule is CCN(CC)c1ccc(C=C2CC(=S)NC2=O)cc1. The molecule has 1 heterocycles. The van der Waals surface area contributed by atoms with Crippen LogP contribution in [-0.4, -0.2) is 24.0 Å². The number of hydrogen-bond acceptors (Lipinski definition) is 3. The highest BCUT2D eigenvalue weighted by atomic mass is 32.1. The van der Waals surface area contributed by atoms with Crippen molar-refractivity contribution >= 4 is 34.9 Å². The summed E-state index contributed by atoms with van der Waals surface area (Å²) in [5.74, 6) is -0.0715. The molecule has 3 nitrogen and oxygen atoms in total. The van der Waals surface area contributed by atoms with Gasteiger partial charge in [0.25, 0.3) is 5.91 Å². The maximum absolute atomic E-state index is 11.6. The predicted octanol–water partition coefficient (Wildman–Crippen LogP) is 2.76. The third kappa shape index (κ3) is 3.20. The molecule has 1 amide bonds. The second kappa shape index (κ2) is 5.97. The molecular weight excluding hydrogens is 256 g/mol. The van der Waals surface area contributed by atoms with Gasteiger partial charge in [-0.3, -0.25) is 4.79 Å². The first-order chi connectivity index (χ1) is 9.13. The minimum Gasteiger partial charge on any atom is -0.372 e. The van der Waals surface area contributed by atoms with Gasteiger partial charge in [0.15, 0.2) is 0 Å². The Balaban J connectivity index is 2.17. The molecule has 1 aliphatic rings. The van der Waals surface area contributed by atoms with Gasteiger partial charge >= 0.3 is 0 Å². The molecule has 100 valence electrons. The fraction of sp³-hybridized carbons (Fsp3) is 0.333. The van der Waals surface area contributed by atoms with Crippen LogP contribution < -0.4 is 10.2 Å². The molecule has 4 heteroatoms. The lowest BCUT2D eigenvalue weighted by Gasteiger charge is -2.20. The van der Waals surface area contributed by atoms with E-state index in [-0.39, 0.29) is 5.91 Å². The summed E-state index contributed by atoms with van der Waals surface area (Å²) in [5.41, 5.74) is 2.98. The summed E-state index contributed by atoms with van der Waals surface area (Å²) in [6.07, 6.45) is 2.45. The molecule has 1 aromatic carbocycles. The first kappa shape index (κ1) is 13.7. The fourth-order valence-electron chi connectivity index (χ4n) is 2.19. The molecule has 19 heavy (non-hydrogen) atoms. The zero-order valence-corrected chi connectivity index (χ0v) is 12.1. The lowest BCUT2D eigenvalue weighted by Crippen LogP contribution is -2.21. The van der Waals surface area contributed by atoms with E-state index >= 15 is 0 Å². The number of carbonyl (C=O) groups is 1. The quantitative estimate of drug-likeness (QED) is 0.677. The zero-order chi connectivity index (χ0) is 13.8. The van der Waals surface area contributed by atoms with Gasteiger partial charge in [-0.1, -0.05) is 24.4 Å². The summed E-state index contributed by atoms with van der Waals surface area (Å²) in [5, 5.41) is 2.65. The van der Waals surface area contributed by atoms with Crippen LogP contribution in [0.2, 0.25) is 0 Å². The standard InChI is InChI=1S/C15H18N2OS/c1-3-17(4-2)13-7-5-11(6-8-13)9-12-10-14(19)16-15(12)18/h5-9H,3-4,10H2,1-2H3,(H,16,18,19). The molecule has 0 unspecified atom stereocenters. The van der Waals surface area contributed by atoms with Crippen LogP contribution in [0.3, 0.4) is 0 Å². The number of nitrogens with one attached hydrogen (secondary N) is 1. The van der Waals surface area contributed by atoms with Crippen molar-refractivity contribution in [1.82, 2.24) is 5.32 Å². The number of hydrogen-bond donors (Lipinski definition) is 1. The Morgan fingerprint density at radius 1 is 1.26 bits per heavy atom. The van der Waals surface area contributed by atoms with Crippen molar-refractivity contribution in [2.24, 2.45) is 0 Å². The first-order valence-corrected chi connectivity index (χ1v) is 6.94. The molecule has 0 aromatic heterocycles. The smallest absolute Gasteiger partial charge is 0.252 e. The number of amides is 1. The molecule has 2 rings (SSSR count). The average molecular weight is 274 g/mol. The van der Waals surface area contributed by atoms with Crippen molar-refractivity contribution in [2.45, 2.75) is 20.3 Å². The third-order valence-electron chi connectivity index (χ3n) is 3.26. The molecule has 1 aliphatic heterocycles. The molecular formula is C15H18N2OS. The average Bonchev–Trinajstić information content (AvgIpc) is 2.71. The second-order valence-corrected chi connectivity index (χ2v) is 4.98. The van der Waals surface area contributed by atoms with Gasteiger partial charge in [-0.05, 0) is 37.6 Å². The van der Waals surface area contributed by atoms with Gasteiger partial charge < -0.3 is 10.2 Å². The molecule has 0 aliphatic carbocycles. The van der Waals surface area contributed by atoms with Crippen LogP contribution >= 0.6 is 12.2 Å². The largest absolute Gasteiger partial charge is 0.372 e. The van der Waals surface area contributed by atoms with Crippen molar-refractivity contribution in [3.63, 3.8) is 0 Å². The van der Waals surface area contributed by atoms with Gasteiger partial charge in [-0.25, -0.2) is 0 Å². The van der Waals surface area contributed by atoms with Crippen LogP contribution in [-0.2, 0) is 4.79 Å². The highest BCUT2D eigenvalue weighted by Crippen LogP contribution is 2.19. The Morgan fingerprint density at radius 3 is 2.37 bits per heavy atom. The minimum atomic E-state index is -0.0715. The molecule has 1 N–H and O–H groups in total. The van der Waals surface area contributed by atoms with Crippen LogP contribution in [0.4, 0.5) is 5.69 Å². The number of carbonyl (C=O) groups excluding carboxylic acids is 1. The lowest BCUT2D eigenvalue weighted by molar-refractivity contribution is -0.115. The molecule has 0 spiro atoms. The minimum absolute atomic E-state index is 0.0715. The molecule has 1 fully saturated rings. The Labute approximate surface area is 119 Å². The topological polar surface area (TPSA) is 32.3 Å². The maximum Gasteiger partial charge on any atom is 0.252 e. The summed E-state index contributed by atoms with van der Waals surface area (Å²) in [4.78, 5) is 14.5. The Morgan fingerprint density at radius 2 is 1.89 bits per heavy atom. The molecule has 0 radical (unpaired) electrons. The highest BCUT2D eigenvalue weighted by Gasteiger charge is 2.20. The number of nitrogens with zero attached hydrogens (tertiary/aromatic N) is 1. The van der Waals surface area contributed by atoms with E-state index in [2.05, 4.69) is 36.2 Å². The number of rotatable bonds is 4. The Kier molecular flexibility index (Phi) is 4.32. The molecule has 0 saturated carbocycles. The van der Waals surface area contributed by atoms with Crippen LogP contribution in [0.1, 0.15) is 25.8 Å². The fourth-order valence-corrected chi connectivity index (χ4v) is 2.44. The maximum atomic E-state index is 11.6. The van der Waals surface area contributed by atoms with Crippen LogP contribution in [0.25, 0.3) is 6.08 Å². The Bertz CT molecular complexity index is 515. The van der Waals surface area contributed by atoms with Crippen LogP contribution in [0, 0.1) is 0 Å². The van der Waals surface area contributed by atoms with E-state index in [9.17, 15) is 4.79 Å². The van der Waals surface area contributed by atoms with Crippen molar-refractivity contribution in [3.05, 3.63) is 35.4 Å². The van der Waals surface area contributed by atoms with E-state index in [1.807, 2.05) is 18.2 Å². The molecule has 1 aromatic rings. The predicted molar refractivity (Wildman–Crippen MR) is 83.3 cm³/mol. The van der Waals surface area contributed by atoms with Gasteiger partial charge in [-0.2, -0.15) is 0 Å². The summed E-state index contributed by atoms with van der Waals surface area (Å²) >= 11 is 5.00. The van der Waals surface area contributed by atoms with Crippen molar-refractivity contribution in [1.29, 1.82) is 0 Å². The lowest BCUT2D eigenvalue weighted by atomic mass is 10.1. The van der Waals surface area contributed by atoms with E-state index in [1.165, 1.54) is 5.69 Å². The third-order valence-corrected chi connectivity index (χ3v) is 3.50. The summed E-state index contributed by atoms with van der Waals surface area (Å²) in [6, 6.07) is 8.25. The van der Waals surface area contributed by atoms with E-state index < -0.39 is 0 Å². The second-order valence-electron chi connectivity index (χ2n) is 4.49. The van der Waals surface area contributed by atoms with E-state index in [1.54, 1.807) is 0 Å². The van der Waals surface area contributed by atoms with E-state index in [0.717, 1.165) is 24.2 Å². The molecule has 0 bridgehead atoms. The highest BCUT2D eigenvalue weighted by molar-refractivity contribution is 7.80. The zero-order valence-electron chi connectivity index (χ0n) is 11.3. The summed E-state index contributed by atoms with van der Waals surface area (Å²) < 4.78 is 0. The number of thiocarbonyl (C=S) groups is 1. The van der Waals surface area contributed by atoms with Crippen molar-refractivity contribution in [2.75, 3.05) is 18.0 Å². The molecule has 0 atom stereocenters. The van der Waals surface area contributed by atoms with E-state index in [0.29, 0.717) is 11.4 Å². The van der Waals surface area contributed by atoms with Gasteiger partial charge in [0, 0.05) is 30.8 Å². The number of benzene rings is 1. The monoisotopic (exact) mass is 274 g/mol. The van der Waals surface area contributed by atoms with Crippen molar-refractivity contribution in [3.8, 4) is 0 Å². The van der Waals surface area contributed by atoms with Gasteiger partial charge in [0.1, 0.15) is 0 Å². The first-order valence-electron chi connectivity index (χ1n) is 6.53. The van der Waals surface area contributed by atoms with Crippen molar-refractivity contribution < 1.29 is 4.79 Å². The molecule has 1 saturated heterocycles. The van der Waals surface area contributed by atoms with Gasteiger partial charge in [0.05, 0.1) is 4.99 Å². The Hall–Kier alpha value is -1.68. The van der Waals surface area contributed by atoms with Crippen LogP contribution in [0.5, 0.6) is 0 Å². The summed E-state index contributed by atoms with van der Waals surface area (Å²) in [6.45, 7) is 6.27. The van der Waals surface area contributed by atoms with Gasteiger partial charge in [0.2, 0.25) is 0 Å². The number of anilines is 1. The normalized spacial score (nSPS) is 16.8. The van der Waals surface area contributed by atoms with Crippen LogP contribution in [0.15, 0.2) is 29.8 Å². The van der Waals surface area contributed by atoms with E-state index in [4.69, 9.17) is 12.2 Å². The van der Waals surface area contributed by atoms with Gasteiger partial charge in [-0.15, -0.1) is 0 Å².